The van der Waals surface area contributed by atoms with E-state index in [0.29, 0.717) is 18.1 Å². The number of piperidine rings is 1. The van der Waals surface area contributed by atoms with Crippen LogP contribution < -0.4 is 5.32 Å². The van der Waals surface area contributed by atoms with Crippen LogP contribution in [-0.2, 0) is 4.79 Å². The third-order valence-electron chi connectivity index (χ3n) is 7.67. The maximum absolute atomic E-state index is 12.6. The van der Waals surface area contributed by atoms with Crippen molar-refractivity contribution >= 4 is 5.97 Å². The maximum atomic E-state index is 12.6. The number of nitrogens with one attached hydrogen (secondary N) is 1. The van der Waals surface area contributed by atoms with Gasteiger partial charge in [-0.25, -0.2) is 0 Å². The second-order valence-electron chi connectivity index (χ2n) is 9.41. The molecule has 8 heteroatoms. The molecule has 2 N–H and O–H groups in total. The molecule has 28 heavy (non-hydrogen) atoms. The number of nitrogens with zero attached hydrogens (tertiary/aromatic N) is 2. The molecule has 4 atom stereocenters. The third-order valence-corrected chi connectivity index (χ3v) is 7.67. The summed E-state index contributed by atoms with van der Waals surface area (Å²) in [7, 11) is 0. The standard InChI is InChI=1S/C20H32F3N3O2/c21-20(22,23)7-11-25-8-1-2-16(25)14-4-9-26(10-5-14)17-13-19(24-17)6-3-15(12-19)18(27)28/h14-17,24H,1-13H2,(H,27,28)/t15?,16?,17-,19-/m0/s1. The minimum absolute atomic E-state index is 0.0322. The fraction of sp³-hybridized carbons (Fsp3) is 0.950. The lowest BCUT2D eigenvalue weighted by Crippen LogP contribution is -2.69. The van der Waals surface area contributed by atoms with E-state index < -0.39 is 18.6 Å². The first-order chi connectivity index (χ1) is 13.2. The molecular formula is C20H32F3N3O2. The van der Waals surface area contributed by atoms with E-state index in [2.05, 4.69) is 15.1 Å². The van der Waals surface area contributed by atoms with Gasteiger partial charge in [-0.3, -0.25) is 19.9 Å². The van der Waals surface area contributed by atoms with Crippen LogP contribution in [0.15, 0.2) is 0 Å². The number of carbonyl (C=O) groups is 1. The summed E-state index contributed by atoms with van der Waals surface area (Å²) in [5.74, 6) is -0.372. The molecule has 1 saturated carbocycles. The van der Waals surface area contributed by atoms with Gasteiger partial charge in [-0.15, -0.1) is 0 Å². The quantitative estimate of drug-likeness (QED) is 0.739. The molecule has 0 aromatic heterocycles. The highest BCUT2D eigenvalue weighted by molar-refractivity contribution is 5.70. The fourth-order valence-corrected chi connectivity index (χ4v) is 6.13. The Morgan fingerprint density at radius 2 is 1.82 bits per heavy atom. The molecule has 4 rings (SSSR count). The largest absolute Gasteiger partial charge is 0.481 e. The van der Waals surface area contributed by atoms with Crippen molar-refractivity contribution in [2.75, 3.05) is 26.2 Å². The fourth-order valence-electron chi connectivity index (χ4n) is 6.13. The summed E-state index contributed by atoms with van der Waals surface area (Å²) in [5, 5.41) is 12.9. The zero-order chi connectivity index (χ0) is 19.9. The number of carboxylic acid groups (broad SMARTS) is 1. The van der Waals surface area contributed by atoms with Crippen molar-refractivity contribution < 1.29 is 23.1 Å². The van der Waals surface area contributed by atoms with Gasteiger partial charge in [-0.1, -0.05) is 0 Å². The minimum Gasteiger partial charge on any atom is -0.481 e. The number of halogens is 3. The molecule has 0 aromatic carbocycles. The monoisotopic (exact) mass is 403 g/mol. The smallest absolute Gasteiger partial charge is 0.390 e. The van der Waals surface area contributed by atoms with Crippen molar-refractivity contribution in [2.45, 2.75) is 81.7 Å². The number of carboxylic acids is 1. The number of rotatable bonds is 5. The van der Waals surface area contributed by atoms with Crippen LogP contribution in [0.1, 0.15) is 57.8 Å². The lowest BCUT2D eigenvalue weighted by Gasteiger charge is -2.53. The highest BCUT2D eigenvalue weighted by Crippen LogP contribution is 2.45. The summed E-state index contributed by atoms with van der Waals surface area (Å²) in [4.78, 5) is 15.7. The molecule has 1 spiro atoms. The van der Waals surface area contributed by atoms with E-state index >= 15 is 0 Å². The summed E-state index contributed by atoms with van der Waals surface area (Å²) >= 11 is 0. The van der Waals surface area contributed by atoms with Crippen LogP contribution in [0.5, 0.6) is 0 Å². The lowest BCUT2D eigenvalue weighted by molar-refractivity contribution is -0.142. The van der Waals surface area contributed by atoms with Gasteiger partial charge >= 0.3 is 12.1 Å². The van der Waals surface area contributed by atoms with Gasteiger partial charge in [0.05, 0.1) is 18.5 Å². The molecule has 160 valence electrons. The lowest BCUT2D eigenvalue weighted by atomic mass is 9.80. The van der Waals surface area contributed by atoms with Crippen LogP contribution in [0, 0.1) is 11.8 Å². The summed E-state index contributed by atoms with van der Waals surface area (Å²) in [6.45, 7) is 2.93. The van der Waals surface area contributed by atoms with Gasteiger partial charge in [0.1, 0.15) is 0 Å². The van der Waals surface area contributed by atoms with Gasteiger partial charge in [0.25, 0.3) is 0 Å². The average molecular weight is 403 g/mol. The highest BCUT2D eigenvalue weighted by Gasteiger charge is 2.52. The Balaban J connectivity index is 1.22. The van der Waals surface area contributed by atoms with Gasteiger partial charge in [-0.05, 0) is 76.9 Å². The number of likely N-dealkylation sites (tertiary alicyclic amines) is 2. The molecule has 0 bridgehead atoms. The van der Waals surface area contributed by atoms with E-state index in [-0.39, 0.29) is 18.0 Å². The number of hydrogen-bond acceptors (Lipinski definition) is 4. The van der Waals surface area contributed by atoms with Crippen LogP contribution in [-0.4, -0.2) is 71.0 Å². The van der Waals surface area contributed by atoms with Crippen molar-refractivity contribution in [1.82, 2.24) is 15.1 Å². The van der Waals surface area contributed by atoms with Crippen molar-refractivity contribution in [3.63, 3.8) is 0 Å². The van der Waals surface area contributed by atoms with Gasteiger partial charge in [0.15, 0.2) is 0 Å². The number of aliphatic carboxylic acids is 1. The molecule has 4 aliphatic rings. The van der Waals surface area contributed by atoms with Crippen LogP contribution in [0.3, 0.4) is 0 Å². The molecule has 0 radical (unpaired) electrons. The SMILES string of the molecule is O=C(O)C1CC[C@]2(C1)C[C@H](N1CCC(C3CCCN3CCC(F)(F)F)CC1)N2. The van der Waals surface area contributed by atoms with Crippen molar-refractivity contribution in [3.05, 3.63) is 0 Å². The van der Waals surface area contributed by atoms with E-state index in [9.17, 15) is 23.1 Å². The van der Waals surface area contributed by atoms with E-state index in [1.807, 2.05) is 0 Å². The Morgan fingerprint density at radius 3 is 2.43 bits per heavy atom. The van der Waals surface area contributed by atoms with Gasteiger partial charge in [-0.2, -0.15) is 13.2 Å². The summed E-state index contributed by atoms with van der Waals surface area (Å²) in [5.41, 5.74) is 0.0322. The molecule has 3 aliphatic heterocycles. The molecule has 4 fully saturated rings. The molecule has 0 aromatic rings. The van der Waals surface area contributed by atoms with Crippen LogP contribution in [0.2, 0.25) is 0 Å². The zero-order valence-corrected chi connectivity index (χ0v) is 16.4. The topological polar surface area (TPSA) is 55.8 Å². The predicted octanol–water partition coefficient (Wildman–Crippen LogP) is 3.06. The molecular weight excluding hydrogens is 371 g/mol. The van der Waals surface area contributed by atoms with E-state index in [1.54, 1.807) is 0 Å². The average Bonchev–Trinajstić information content (AvgIpc) is 3.25. The molecule has 0 amide bonds. The zero-order valence-electron chi connectivity index (χ0n) is 16.4. The molecule has 3 saturated heterocycles. The Bertz CT molecular complexity index is 572. The summed E-state index contributed by atoms with van der Waals surface area (Å²) in [6, 6.07) is 0.316. The predicted molar refractivity (Wildman–Crippen MR) is 98.8 cm³/mol. The minimum atomic E-state index is -4.07. The molecule has 1 aliphatic carbocycles. The van der Waals surface area contributed by atoms with Crippen molar-refractivity contribution in [2.24, 2.45) is 11.8 Å². The molecule has 3 heterocycles. The van der Waals surface area contributed by atoms with E-state index in [1.165, 1.54) is 0 Å². The number of hydrogen-bond donors (Lipinski definition) is 2. The van der Waals surface area contributed by atoms with Crippen LogP contribution in [0.4, 0.5) is 13.2 Å². The first-order valence-corrected chi connectivity index (χ1v) is 10.8. The van der Waals surface area contributed by atoms with E-state index in [4.69, 9.17) is 0 Å². The Morgan fingerprint density at radius 1 is 1.11 bits per heavy atom. The Kier molecular flexibility index (Phi) is 5.66. The van der Waals surface area contributed by atoms with Gasteiger partial charge in [0, 0.05) is 18.1 Å². The first-order valence-electron chi connectivity index (χ1n) is 10.8. The van der Waals surface area contributed by atoms with Crippen LogP contribution in [0.25, 0.3) is 0 Å². The third kappa shape index (κ3) is 4.33. The van der Waals surface area contributed by atoms with Gasteiger partial charge < -0.3 is 5.11 Å². The summed E-state index contributed by atoms with van der Waals surface area (Å²) < 4.78 is 37.8. The maximum Gasteiger partial charge on any atom is 0.390 e. The normalized spacial score (nSPS) is 38.2. The Labute approximate surface area is 164 Å². The van der Waals surface area contributed by atoms with Crippen molar-refractivity contribution in [3.8, 4) is 0 Å². The highest BCUT2D eigenvalue weighted by atomic mass is 19.4. The second-order valence-corrected chi connectivity index (χ2v) is 9.41. The first kappa shape index (κ1) is 20.4. The van der Waals surface area contributed by atoms with E-state index in [0.717, 1.165) is 71.0 Å². The van der Waals surface area contributed by atoms with Gasteiger partial charge in [0.2, 0.25) is 0 Å². The molecule has 5 nitrogen and oxygen atoms in total. The van der Waals surface area contributed by atoms with Crippen molar-refractivity contribution in [1.29, 1.82) is 0 Å². The number of alkyl halides is 3. The molecule has 2 unspecified atom stereocenters. The van der Waals surface area contributed by atoms with Crippen LogP contribution >= 0.6 is 0 Å². The Hall–Kier alpha value is -0.860. The second kappa shape index (κ2) is 7.76. The summed E-state index contributed by atoms with van der Waals surface area (Å²) in [6.07, 6.45) is 3.22.